The SMILES string of the molecule is C.C.C=C/C=C1/C[C@@H](O)[CH-][C@H](O)C1=C.C=C/C=C1\C[C@@H](O)[CH-][C@H](O)C1=C.C=CC=C1C[C@@H](O)[CH-][C@H](O)C1.[U].[U].[U]. The summed E-state index contributed by atoms with van der Waals surface area (Å²) in [5, 5.41) is 55.6. The summed E-state index contributed by atoms with van der Waals surface area (Å²) in [7, 11) is 0. The standard InChI is InChI=1S/2C10H13O2.C9H13O2.2CH4.3U/c2*1-3-4-8-5-9(11)6-10(12)7(8)2;1-2-3-7-4-8(10)6-9(11)5-7;;;;;/h2*3-4,6,9-12H,1-2,5H2;2-3,6,8-11H,1,4-5H2;2*1H4;;;/q3*-1;;;;;/b8-4+;8-4-;;;;;;/t2*9-,10+;8-,9-;;;;;/m111...../s1. The number of allylic oxidation sites excluding steroid dienone is 6. The number of hydrogen-bond acceptors (Lipinski definition) is 6. The van der Waals surface area contributed by atoms with Gasteiger partial charge in [-0.25, -0.2) is 0 Å². The zero-order valence-electron chi connectivity index (χ0n) is 21.7. The van der Waals surface area contributed by atoms with Gasteiger partial charge < -0.3 is 30.6 Å². The van der Waals surface area contributed by atoms with E-state index in [9.17, 15) is 30.6 Å². The van der Waals surface area contributed by atoms with Crippen molar-refractivity contribution >= 4 is 0 Å². The van der Waals surface area contributed by atoms with E-state index >= 15 is 0 Å². The summed E-state index contributed by atoms with van der Waals surface area (Å²) < 4.78 is 0. The van der Waals surface area contributed by atoms with Crippen LogP contribution in [0.1, 0.15) is 40.5 Å². The minimum Gasteiger partial charge on any atom is -0.425 e. The maximum atomic E-state index is 9.35. The van der Waals surface area contributed by atoms with Gasteiger partial charge >= 0.3 is 0 Å². The van der Waals surface area contributed by atoms with Crippen molar-refractivity contribution in [3.05, 3.63) is 116 Å². The molecule has 0 bridgehead atoms. The van der Waals surface area contributed by atoms with E-state index in [1.807, 2.05) is 6.08 Å². The normalized spacial score (nSPS) is 29.0. The number of aliphatic hydroxyl groups is 6. The predicted octanol–water partition coefficient (Wildman–Crippen LogP) is 4.06. The number of aliphatic hydroxyl groups excluding tert-OH is 6. The summed E-state index contributed by atoms with van der Waals surface area (Å²) in [6.45, 7) is 18.1. The van der Waals surface area contributed by atoms with Gasteiger partial charge in [-0.05, 0) is 49.0 Å². The van der Waals surface area contributed by atoms with Crippen LogP contribution >= 0.6 is 0 Å². The van der Waals surface area contributed by atoms with Crippen molar-refractivity contribution in [3.63, 3.8) is 0 Å². The molecule has 40 heavy (non-hydrogen) atoms. The fourth-order valence-corrected chi connectivity index (χ4v) is 3.83. The molecule has 3 aliphatic rings. The topological polar surface area (TPSA) is 121 Å². The first-order valence-electron chi connectivity index (χ1n) is 11.5. The van der Waals surface area contributed by atoms with Crippen LogP contribution in [0.4, 0.5) is 0 Å². The van der Waals surface area contributed by atoms with Crippen molar-refractivity contribution in [2.24, 2.45) is 0 Å². The molecule has 9 heteroatoms. The van der Waals surface area contributed by atoms with Crippen molar-refractivity contribution in [1.82, 2.24) is 0 Å². The third kappa shape index (κ3) is 19.2. The third-order valence-corrected chi connectivity index (χ3v) is 5.58. The Morgan fingerprint density at radius 1 is 0.525 bits per heavy atom. The molecule has 0 amide bonds. The summed E-state index contributed by atoms with van der Waals surface area (Å²) in [5.74, 6) is 0. The number of hydrogen-bond donors (Lipinski definition) is 6. The van der Waals surface area contributed by atoms with Crippen molar-refractivity contribution < 1.29 is 124 Å². The van der Waals surface area contributed by atoms with Gasteiger partial charge in [-0.1, -0.05) is 125 Å². The van der Waals surface area contributed by atoms with Crippen LogP contribution in [0.25, 0.3) is 0 Å². The van der Waals surface area contributed by atoms with E-state index in [0.29, 0.717) is 36.8 Å². The maximum absolute atomic E-state index is 9.35. The van der Waals surface area contributed by atoms with Gasteiger partial charge in [0.1, 0.15) is 0 Å². The summed E-state index contributed by atoms with van der Waals surface area (Å²) in [4.78, 5) is 0. The van der Waals surface area contributed by atoms with Gasteiger partial charge in [0.25, 0.3) is 0 Å². The van der Waals surface area contributed by atoms with E-state index in [2.05, 4.69) is 32.9 Å². The molecule has 6 atom stereocenters. The van der Waals surface area contributed by atoms with Gasteiger partial charge in [0.15, 0.2) is 0 Å². The minimum absolute atomic E-state index is 0. The van der Waals surface area contributed by atoms with Crippen molar-refractivity contribution in [1.29, 1.82) is 0 Å². The van der Waals surface area contributed by atoms with E-state index in [0.717, 1.165) is 16.7 Å². The van der Waals surface area contributed by atoms with Crippen molar-refractivity contribution in [2.45, 2.75) is 77.2 Å². The van der Waals surface area contributed by atoms with Crippen LogP contribution < -0.4 is 0 Å². The Kier molecular flexibility index (Phi) is 34.6. The second-order valence-electron chi connectivity index (χ2n) is 8.52. The van der Waals surface area contributed by atoms with E-state index in [1.165, 1.54) is 12.8 Å². The molecular formula is C31H47O6U3-3. The van der Waals surface area contributed by atoms with Crippen LogP contribution in [0.15, 0.2) is 97.2 Å². The zero-order chi connectivity index (χ0) is 26.5. The Hall–Kier alpha value is 0.836. The molecule has 0 aromatic heterocycles. The fraction of sp³-hybridized carbons (Fsp3) is 0.387. The second kappa shape index (κ2) is 27.4. The van der Waals surface area contributed by atoms with Gasteiger partial charge in [0, 0.05) is 93.3 Å². The summed E-state index contributed by atoms with van der Waals surface area (Å²) in [5.41, 5.74) is 4.10. The first-order chi connectivity index (χ1) is 16.5. The zero-order valence-corrected chi connectivity index (χ0v) is 34.2. The Morgan fingerprint density at radius 2 is 0.825 bits per heavy atom. The monoisotopic (exact) mass is 1230 g/mol. The minimum atomic E-state index is -0.722. The van der Waals surface area contributed by atoms with Gasteiger partial charge in [-0.3, -0.25) is 19.3 Å². The molecule has 0 aliphatic heterocycles. The molecule has 222 valence electrons. The molecule has 0 heterocycles. The van der Waals surface area contributed by atoms with Crippen molar-refractivity contribution in [3.8, 4) is 0 Å². The molecule has 0 saturated heterocycles. The van der Waals surface area contributed by atoms with E-state index in [1.54, 1.807) is 36.8 Å². The average Bonchev–Trinajstić information content (AvgIpc) is 2.76. The quantitative estimate of drug-likeness (QED) is 0.238. The van der Waals surface area contributed by atoms with Gasteiger partial charge in [0.05, 0.1) is 0 Å². The molecule has 6 N–H and O–H groups in total. The Morgan fingerprint density at radius 3 is 1.12 bits per heavy atom. The molecular weight excluding hydrogens is 1180 g/mol. The summed E-state index contributed by atoms with van der Waals surface area (Å²) in [6, 6.07) is 0. The maximum Gasteiger partial charge on any atom is 0 e. The van der Waals surface area contributed by atoms with E-state index < -0.39 is 36.6 Å². The predicted molar refractivity (Wildman–Crippen MR) is 154 cm³/mol. The Labute approximate surface area is 314 Å². The Bertz CT molecular complexity index is 803. The van der Waals surface area contributed by atoms with Gasteiger partial charge in [-0.2, -0.15) is 0 Å². The summed E-state index contributed by atoms with van der Waals surface area (Å²) >= 11 is 0. The van der Waals surface area contributed by atoms with Crippen molar-refractivity contribution in [2.75, 3.05) is 0 Å². The molecule has 0 aromatic carbocycles. The molecule has 3 rings (SSSR count). The molecule has 0 unspecified atom stereocenters. The van der Waals surface area contributed by atoms with E-state index in [-0.39, 0.29) is 108 Å². The van der Waals surface area contributed by atoms with Crippen LogP contribution in [-0.4, -0.2) is 67.3 Å². The third-order valence-electron chi connectivity index (χ3n) is 5.58. The van der Waals surface area contributed by atoms with E-state index in [4.69, 9.17) is 0 Å². The van der Waals surface area contributed by atoms with Gasteiger partial charge in [0.2, 0.25) is 0 Å². The Balaban J connectivity index is -0.000000144. The first kappa shape index (κ1) is 50.5. The molecule has 3 aliphatic carbocycles. The largest absolute Gasteiger partial charge is 0.425 e. The molecule has 3 fully saturated rings. The first-order valence-corrected chi connectivity index (χ1v) is 11.5. The molecule has 0 spiro atoms. The smallest absolute Gasteiger partial charge is 0 e. The average molecular weight is 1230 g/mol. The summed E-state index contributed by atoms with van der Waals surface area (Å²) in [6.07, 6.45) is 13.5. The molecule has 3 saturated carbocycles. The number of rotatable bonds is 3. The van der Waals surface area contributed by atoms with Crippen LogP contribution in [0.2, 0.25) is 0 Å². The van der Waals surface area contributed by atoms with Crippen LogP contribution in [0.3, 0.4) is 0 Å². The molecule has 6 nitrogen and oxygen atoms in total. The molecule has 0 radical (unpaired) electrons. The van der Waals surface area contributed by atoms with Gasteiger partial charge in [-0.15, -0.1) is 0 Å². The van der Waals surface area contributed by atoms with Crippen LogP contribution in [0, 0.1) is 113 Å². The molecule has 0 aromatic rings. The fourth-order valence-electron chi connectivity index (χ4n) is 3.83. The van der Waals surface area contributed by atoms with Crippen LogP contribution in [-0.2, 0) is 0 Å². The van der Waals surface area contributed by atoms with Crippen LogP contribution in [0.5, 0.6) is 0 Å². The second-order valence-corrected chi connectivity index (χ2v) is 8.52.